The van der Waals surface area contributed by atoms with Crippen molar-refractivity contribution in [3.63, 3.8) is 0 Å². The third-order valence-electron chi connectivity index (χ3n) is 4.01. The minimum absolute atomic E-state index is 0.00251. The van der Waals surface area contributed by atoms with Crippen molar-refractivity contribution >= 4 is 11.8 Å². The lowest BCUT2D eigenvalue weighted by atomic mass is 10.1. The van der Waals surface area contributed by atoms with Gasteiger partial charge in [-0.05, 0) is 18.6 Å². The molecule has 1 aromatic carbocycles. The van der Waals surface area contributed by atoms with E-state index in [1.165, 1.54) is 19.3 Å². The summed E-state index contributed by atoms with van der Waals surface area (Å²) < 4.78 is 34.8. The molecule has 0 heterocycles. The van der Waals surface area contributed by atoms with Crippen molar-refractivity contribution in [1.29, 1.82) is 10.5 Å². The Hall–Kier alpha value is -1.79. The minimum Gasteiger partial charge on any atom is -0.489 e. The highest BCUT2D eigenvalue weighted by molar-refractivity contribution is 7.99. The van der Waals surface area contributed by atoms with Crippen LogP contribution in [0, 0.1) is 34.3 Å². The van der Waals surface area contributed by atoms with E-state index in [1.807, 2.05) is 6.92 Å². The predicted octanol–water partition coefficient (Wildman–Crippen LogP) is 6.34. The lowest BCUT2D eigenvalue weighted by Crippen LogP contribution is -2.06. The first-order valence-electron chi connectivity index (χ1n) is 9.22. The van der Waals surface area contributed by atoms with Crippen LogP contribution >= 0.6 is 11.8 Å². The third-order valence-corrected chi connectivity index (χ3v) is 5.15. The highest BCUT2D eigenvalue weighted by atomic mass is 32.2. The number of rotatable bonds is 12. The zero-order valence-corrected chi connectivity index (χ0v) is 16.4. The molecule has 0 amide bonds. The molecule has 0 N–H and O–H groups in total. The lowest BCUT2D eigenvalue weighted by Gasteiger charge is -2.15. The summed E-state index contributed by atoms with van der Waals surface area (Å²) >= 11 is 1.16. The van der Waals surface area contributed by atoms with E-state index in [2.05, 4.69) is 6.92 Å². The Morgan fingerprint density at radius 3 is 2.04 bits per heavy atom. The maximum Gasteiger partial charge on any atom is 0.185 e. The monoisotopic (exact) mass is 380 g/mol. The van der Waals surface area contributed by atoms with Crippen LogP contribution in [0.2, 0.25) is 0 Å². The van der Waals surface area contributed by atoms with E-state index in [9.17, 15) is 8.78 Å². The van der Waals surface area contributed by atoms with Crippen molar-refractivity contribution in [3.05, 3.63) is 22.8 Å². The molecule has 0 bridgehead atoms. The van der Waals surface area contributed by atoms with Gasteiger partial charge in [0.05, 0.1) is 11.5 Å². The Labute approximate surface area is 159 Å². The summed E-state index contributed by atoms with van der Waals surface area (Å²) in [4.78, 5) is 0.00251. The average molecular weight is 381 g/mol. The largest absolute Gasteiger partial charge is 0.489 e. The van der Waals surface area contributed by atoms with Gasteiger partial charge in [-0.25, -0.2) is 8.78 Å². The SMILES string of the molecule is CCCCCCCCSc1c(F)c(C#N)c(C#N)c(F)c1OCCCC. The van der Waals surface area contributed by atoms with Crippen LogP contribution in [0.3, 0.4) is 0 Å². The molecule has 3 nitrogen and oxygen atoms in total. The number of thioether (sulfide) groups is 1. The molecule has 0 aliphatic carbocycles. The van der Waals surface area contributed by atoms with E-state index in [1.54, 1.807) is 12.1 Å². The van der Waals surface area contributed by atoms with Gasteiger partial charge in [0, 0.05) is 0 Å². The Balaban J connectivity index is 2.94. The average Bonchev–Trinajstić information content (AvgIpc) is 2.64. The maximum absolute atomic E-state index is 14.7. The van der Waals surface area contributed by atoms with Crippen LogP contribution in [-0.4, -0.2) is 12.4 Å². The van der Waals surface area contributed by atoms with Gasteiger partial charge in [-0.2, -0.15) is 10.5 Å². The van der Waals surface area contributed by atoms with E-state index in [4.69, 9.17) is 15.3 Å². The van der Waals surface area contributed by atoms with E-state index < -0.39 is 22.8 Å². The summed E-state index contributed by atoms with van der Waals surface area (Å²) in [7, 11) is 0. The van der Waals surface area contributed by atoms with Gasteiger partial charge in [-0.15, -0.1) is 11.8 Å². The zero-order chi connectivity index (χ0) is 19.4. The molecule has 0 aliphatic heterocycles. The van der Waals surface area contributed by atoms with E-state index in [0.717, 1.165) is 37.4 Å². The molecule has 0 aromatic heterocycles. The molecule has 0 fully saturated rings. The molecular formula is C20H26F2N2OS. The van der Waals surface area contributed by atoms with Gasteiger partial charge < -0.3 is 4.74 Å². The molecule has 1 rings (SSSR count). The topological polar surface area (TPSA) is 56.8 Å². The standard InChI is InChI=1S/C20H26F2N2OS/c1-3-5-7-8-9-10-12-26-20-18(22)16(14-24)15(13-23)17(21)19(20)25-11-6-4-2/h3-12H2,1-2H3. The summed E-state index contributed by atoms with van der Waals surface area (Å²) in [6, 6.07) is 3.19. The van der Waals surface area contributed by atoms with E-state index >= 15 is 0 Å². The molecule has 0 saturated heterocycles. The van der Waals surface area contributed by atoms with E-state index in [0.29, 0.717) is 12.2 Å². The first-order chi connectivity index (χ1) is 12.6. The molecule has 0 spiro atoms. The first-order valence-corrected chi connectivity index (χ1v) is 10.2. The molecule has 6 heteroatoms. The number of benzene rings is 1. The minimum atomic E-state index is -0.938. The van der Waals surface area contributed by atoms with Crippen molar-refractivity contribution in [3.8, 4) is 17.9 Å². The first kappa shape index (κ1) is 22.3. The molecule has 0 unspecified atom stereocenters. The Kier molecular flexibility index (Phi) is 10.7. The van der Waals surface area contributed by atoms with Crippen LogP contribution in [0.4, 0.5) is 8.78 Å². The van der Waals surface area contributed by atoms with Crippen LogP contribution in [0.1, 0.15) is 76.3 Å². The van der Waals surface area contributed by atoms with Crippen LogP contribution in [0.5, 0.6) is 5.75 Å². The second-order valence-electron chi connectivity index (χ2n) is 6.08. The predicted molar refractivity (Wildman–Crippen MR) is 100 cm³/mol. The van der Waals surface area contributed by atoms with Gasteiger partial charge in [0.25, 0.3) is 0 Å². The van der Waals surface area contributed by atoms with Gasteiger partial charge in [-0.1, -0.05) is 52.4 Å². The number of ether oxygens (including phenoxy) is 1. The highest BCUT2D eigenvalue weighted by Crippen LogP contribution is 2.39. The number of nitriles is 2. The van der Waals surface area contributed by atoms with Crippen LogP contribution in [0.15, 0.2) is 4.90 Å². The van der Waals surface area contributed by atoms with Crippen molar-refractivity contribution in [2.75, 3.05) is 12.4 Å². The summed E-state index contributed by atoms with van der Waals surface area (Å²) in [5.74, 6) is -1.41. The molecule has 0 aliphatic rings. The number of hydrogen-bond acceptors (Lipinski definition) is 4. The lowest BCUT2D eigenvalue weighted by molar-refractivity contribution is 0.283. The summed E-state index contributed by atoms with van der Waals surface area (Å²) in [5.41, 5.74) is -1.13. The molecular weight excluding hydrogens is 354 g/mol. The fraction of sp³-hybridized carbons (Fsp3) is 0.600. The van der Waals surface area contributed by atoms with E-state index in [-0.39, 0.29) is 17.3 Å². The Morgan fingerprint density at radius 1 is 0.846 bits per heavy atom. The van der Waals surface area contributed by atoms with Gasteiger partial charge in [0.15, 0.2) is 17.4 Å². The molecule has 0 atom stereocenters. The normalized spacial score (nSPS) is 10.4. The molecule has 1 aromatic rings. The zero-order valence-electron chi connectivity index (χ0n) is 15.5. The smallest absolute Gasteiger partial charge is 0.185 e. The van der Waals surface area contributed by atoms with Crippen LogP contribution in [0.25, 0.3) is 0 Å². The fourth-order valence-electron chi connectivity index (χ4n) is 2.49. The van der Waals surface area contributed by atoms with Gasteiger partial charge >= 0.3 is 0 Å². The fourth-order valence-corrected chi connectivity index (χ4v) is 3.55. The van der Waals surface area contributed by atoms with Crippen LogP contribution in [-0.2, 0) is 0 Å². The summed E-state index contributed by atoms with van der Waals surface area (Å²) in [6.07, 6.45) is 8.17. The highest BCUT2D eigenvalue weighted by Gasteiger charge is 2.26. The number of halogens is 2. The number of hydrogen-bond donors (Lipinski definition) is 0. The molecule has 142 valence electrons. The number of unbranched alkanes of at least 4 members (excludes halogenated alkanes) is 6. The quantitative estimate of drug-likeness (QED) is 0.314. The molecule has 26 heavy (non-hydrogen) atoms. The molecule has 0 saturated carbocycles. The van der Waals surface area contributed by atoms with Crippen molar-refractivity contribution in [2.24, 2.45) is 0 Å². The van der Waals surface area contributed by atoms with Crippen molar-refractivity contribution < 1.29 is 13.5 Å². The third kappa shape index (κ3) is 6.18. The Bertz CT molecular complexity index is 665. The van der Waals surface area contributed by atoms with Gasteiger partial charge in [0.1, 0.15) is 23.3 Å². The second-order valence-corrected chi connectivity index (χ2v) is 7.18. The van der Waals surface area contributed by atoms with Crippen molar-refractivity contribution in [1.82, 2.24) is 0 Å². The summed E-state index contributed by atoms with van der Waals surface area (Å²) in [6.45, 7) is 4.37. The number of nitrogens with zero attached hydrogens (tertiary/aromatic N) is 2. The van der Waals surface area contributed by atoms with Crippen molar-refractivity contribution in [2.45, 2.75) is 70.1 Å². The van der Waals surface area contributed by atoms with Crippen LogP contribution < -0.4 is 4.74 Å². The van der Waals surface area contributed by atoms with Gasteiger partial charge in [0.2, 0.25) is 0 Å². The van der Waals surface area contributed by atoms with Gasteiger partial charge in [-0.3, -0.25) is 0 Å². The Morgan fingerprint density at radius 2 is 1.42 bits per heavy atom. The summed E-state index contributed by atoms with van der Waals surface area (Å²) in [5, 5.41) is 18.2. The maximum atomic E-state index is 14.7. The second kappa shape index (κ2) is 12.5. The molecule has 0 radical (unpaired) electrons.